The maximum atomic E-state index is 12.3. The minimum Gasteiger partial charge on any atom is -0.352 e. The number of thioether (sulfide) groups is 1. The molecule has 0 aliphatic carbocycles. The summed E-state index contributed by atoms with van der Waals surface area (Å²) in [6.07, 6.45) is 5.48. The van der Waals surface area contributed by atoms with Crippen molar-refractivity contribution in [2.75, 3.05) is 25.4 Å². The Morgan fingerprint density at radius 3 is 2.65 bits per heavy atom. The third-order valence-electron chi connectivity index (χ3n) is 4.01. The molecule has 23 heavy (non-hydrogen) atoms. The van der Waals surface area contributed by atoms with Gasteiger partial charge in [-0.2, -0.15) is 0 Å². The van der Waals surface area contributed by atoms with E-state index in [1.165, 1.54) is 11.8 Å². The molecule has 1 aromatic carbocycles. The molecule has 0 unspecified atom stereocenters. The topological polar surface area (TPSA) is 49.4 Å². The van der Waals surface area contributed by atoms with Crippen LogP contribution in [0.25, 0.3) is 0 Å². The van der Waals surface area contributed by atoms with Gasteiger partial charge in [-0.05, 0) is 31.4 Å². The van der Waals surface area contributed by atoms with Gasteiger partial charge in [-0.25, -0.2) is 0 Å². The van der Waals surface area contributed by atoms with Gasteiger partial charge in [-0.1, -0.05) is 31.9 Å². The van der Waals surface area contributed by atoms with Gasteiger partial charge in [0.1, 0.15) is 0 Å². The van der Waals surface area contributed by atoms with E-state index in [9.17, 15) is 9.59 Å². The number of benzene rings is 1. The number of carbonyl (C=O) groups is 2. The summed E-state index contributed by atoms with van der Waals surface area (Å²) in [6.45, 7) is 4.60. The molecule has 1 aliphatic rings. The Hall–Kier alpha value is -1.49. The highest BCUT2D eigenvalue weighted by molar-refractivity contribution is 8.00. The van der Waals surface area contributed by atoms with Crippen molar-refractivity contribution >= 4 is 23.6 Å². The van der Waals surface area contributed by atoms with Crippen molar-refractivity contribution in [2.24, 2.45) is 0 Å². The second-order valence-electron chi connectivity index (χ2n) is 5.84. The van der Waals surface area contributed by atoms with Crippen molar-refractivity contribution < 1.29 is 9.59 Å². The number of nitrogens with one attached hydrogen (secondary N) is 1. The van der Waals surface area contributed by atoms with Gasteiger partial charge >= 0.3 is 0 Å². The Morgan fingerprint density at radius 2 is 1.91 bits per heavy atom. The molecular formula is C18H26N2O2S. The van der Waals surface area contributed by atoms with Crippen LogP contribution in [-0.2, 0) is 4.79 Å². The second kappa shape index (κ2) is 9.60. The minimum absolute atomic E-state index is 0.0437. The van der Waals surface area contributed by atoms with Gasteiger partial charge in [0.2, 0.25) is 5.91 Å². The first-order chi connectivity index (χ1) is 11.2. The highest BCUT2D eigenvalue weighted by Crippen LogP contribution is 2.23. The molecule has 2 amide bonds. The van der Waals surface area contributed by atoms with Crippen LogP contribution in [0.2, 0.25) is 0 Å². The zero-order valence-corrected chi connectivity index (χ0v) is 14.7. The molecular weight excluding hydrogens is 308 g/mol. The molecule has 0 spiro atoms. The van der Waals surface area contributed by atoms with E-state index >= 15 is 0 Å². The molecule has 1 N–H and O–H groups in total. The maximum absolute atomic E-state index is 12.3. The minimum atomic E-state index is -0.0437. The molecule has 1 heterocycles. The SMILES string of the molecule is CCCCCNC(=O)c1ccccc1SCC(=O)N1CCCC1. The summed E-state index contributed by atoms with van der Waals surface area (Å²) in [4.78, 5) is 27.3. The lowest BCUT2D eigenvalue weighted by atomic mass is 10.2. The quantitative estimate of drug-likeness (QED) is 0.586. The van der Waals surface area contributed by atoms with E-state index < -0.39 is 0 Å². The highest BCUT2D eigenvalue weighted by Gasteiger charge is 2.19. The first-order valence-electron chi connectivity index (χ1n) is 8.50. The molecule has 0 bridgehead atoms. The summed E-state index contributed by atoms with van der Waals surface area (Å²) >= 11 is 1.46. The van der Waals surface area contributed by atoms with Gasteiger partial charge in [0, 0.05) is 24.5 Å². The van der Waals surface area contributed by atoms with Crippen LogP contribution >= 0.6 is 11.8 Å². The summed E-state index contributed by atoms with van der Waals surface area (Å²) in [5.74, 6) is 0.531. The lowest BCUT2D eigenvalue weighted by Crippen LogP contribution is -2.29. The van der Waals surface area contributed by atoms with Crippen LogP contribution in [0.5, 0.6) is 0 Å². The summed E-state index contributed by atoms with van der Waals surface area (Å²) in [7, 11) is 0. The van der Waals surface area contributed by atoms with Crippen molar-refractivity contribution in [3.05, 3.63) is 29.8 Å². The van der Waals surface area contributed by atoms with Crippen LogP contribution < -0.4 is 5.32 Å². The molecule has 4 nitrogen and oxygen atoms in total. The summed E-state index contributed by atoms with van der Waals surface area (Å²) in [5.41, 5.74) is 0.670. The lowest BCUT2D eigenvalue weighted by Gasteiger charge is -2.15. The average Bonchev–Trinajstić information content (AvgIpc) is 3.11. The van der Waals surface area contributed by atoms with Crippen molar-refractivity contribution in [2.45, 2.75) is 43.9 Å². The molecule has 1 fully saturated rings. The van der Waals surface area contributed by atoms with Crippen LogP contribution in [0.15, 0.2) is 29.2 Å². The fraction of sp³-hybridized carbons (Fsp3) is 0.556. The number of hydrogen-bond donors (Lipinski definition) is 1. The van der Waals surface area contributed by atoms with E-state index in [0.717, 1.165) is 50.1 Å². The van der Waals surface area contributed by atoms with Gasteiger partial charge in [-0.3, -0.25) is 9.59 Å². The van der Waals surface area contributed by atoms with Crippen LogP contribution in [0, 0.1) is 0 Å². The van der Waals surface area contributed by atoms with Crippen molar-refractivity contribution in [1.82, 2.24) is 10.2 Å². The second-order valence-corrected chi connectivity index (χ2v) is 6.85. The molecule has 5 heteroatoms. The molecule has 1 aliphatic heterocycles. The lowest BCUT2D eigenvalue weighted by molar-refractivity contribution is -0.127. The molecule has 0 radical (unpaired) electrons. The van der Waals surface area contributed by atoms with Gasteiger partial charge in [0.05, 0.1) is 11.3 Å². The Labute approximate surface area is 143 Å². The molecule has 0 aromatic heterocycles. The largest absolute Gasteiger partial charge is 0.352 e. The number of rotatable bonds is 8. The third-order valence-corrected chi connectivity index (χ3v) is 5.07. The average molecular weight is 334 g/mol. The Kier molecular flexibility index (Phi) is 7.46. The van der Waals surface area contributed by atoms with E-state index in [2.05, 4.69) is 12.2 Å². The van der Waals surface area contributed by atoms with Gasteiger partial charge in [0.25, 0.3) is 5.91 Å². The first-order valence-corrected chi connectivity index (χ1v) is 9.48. The standard InChI is InChI=1S/C18H26N2O2S/c1-2-3-6-11-19-18(22)15-9-4-5-10-16(15)23-14-17(21)20-12-7-8-13-20/h4-5,9-10H,2-3,6-8,11-14H2,1H3,(H,19,22). The Balaban J connectivity index is 1.88. The van der Waals surface area contributed by atoms with Gasteiger partial charge in [-0.15, -0.1) is 11.8 Å². The Morgan fingerprint density at radius 1 is 1.17 bits per heavy atom. The highest BCUT2D eigenvalue weighted by atomic mass is 32.2. The van der Waals surface area contributed by atoms with Crippen LogP contribution in [0.1, 0.15) is 49.4 Å². The number of unbranched alkanes of at least 4 members (excludes halogenated alkanes) is 2. The predicted octanol–water partition coefficient (Wildman–Crippen LogP) is 3.32. The van der Waals surface area contributed by atoms with Crippen LogP contribution in [-0.4, -0.2) is 42.1 Å². The maximum Gasteiger partial charge on any atom is 0.252 e. The molecule has 126 valence electrons. The molecule has 1 saturated heterocycles. The zero-order valence-electron chi connectivity index (χ0n) is 13.8. The van der Waals surface area contributed by atoms with Crippen molar-refractivity contribution in [3.8, 4) is 0 Å². The third kappa shape index (κ3) is 5.57. The Bertz CT molecular complexity index is 528. The summed E-state index contributed by atoms with van der Waals surface area (Å²) in [6, 6.07) is 7.53. The van der Waals surface area contributed by atoms with E-state index in [4.69, 9.17) is 0 Å². The molecule has 1 aromatic rings. The summed E-state index contributed by atoms with van der Waals surface area (Å²) < 4.78 is 0. The smallest absolute Gasteiger partial charge is 0.252 e. The molecule has 2 rings (SSSR count). The number of nitrogens with zero attached hydrogens (tertiary/aromatic N) is 1. The van der Waals surface area contributed by atoms with Gasteiger partial charge in [0.15, 0.2) is 0 Å². The van der Waals surface area contributed by atoms with Crippen LogP contribution in [0.3, 0.4) is 0 Å². The summed E-state index contributed by atoms with van der Waals surface area (Å²) in [5, 5.41) is 2.97. The van der Waals surface area contributed by atoms with E-state index in [1.807, 2.05) is 29.2 Å². The fourth-order valence-electron chi connectivity index (χ4n) is 2.65. The first kappa shape index (κ1) is 17.9. The number of hydrogen-bond acceptors (Lipinski definition) is 3. The fourth-order valence-corrected chi connectivity index (χ4v) is 3.60. The van der Waals surface area contributed by atoms with Crippen molar-refractivity contribution in [3.63, 3.8) is 0 Å². The number of likely N-dealkylation sites (tertiary alicyclic amines) is 1. The van der Waals surface area contributed by atoms with E-state index in [1.54, 1.807) is 0 Å². The van der Waals surface area contributed by atoms with Gasteiger partial charge < -0.3 is 10.2 Å². The zero-order chi connectivity index (χ0) is 16.5. The monoisotopic (exact) mass is 334 g/mol. The normalized spacial score (nSPS) is 14.0. The number of carbonyl (C=O) groups excluding carboxylic acids is 2. The van der Waals surface area contributed by atoms with Crippen molar-refractivity contribution in [1.29, 1.82) is 0 Å². The molecule has 0 saturated carbocycles. The van der Waals surface area contributed by atoms with E-state index in [0.29, 0.717) is 17.9 Å². The van der Waals surface area contributed by atoms with Crippen LogP contribution in [0.4, 0.5) is 0 Å². The van der Waals surface area contributed by atoms with E-state index in [-0.39, 0.29) is 11.8 Å². The molecule has 0 atom stereocenters. The number of amides is 2. The predicted molar refractivity (Wildman–Crippen MR) is 94.8 cm³/mol.